The van der Waals surface area contributed by atoms with E-state index in [4.69, 9.17) is 0 Å². The number of nitrogens with zero attached hydrogens (tertiary/aromatic N) is 3. The third-order valence-electron chi connectivity index (χ3n) is 7.50. The lowest BCUT2D eigenvalue weighted by Gasteiger charge is -2.35. The van der Waals surface area contributed by atoms with Crippen LogP contribution in [-0.2, 0) is 19.3 Å². The number of amides is 1. The molecule has 2 aromatic rings. The molecule has 0 radical (unpaired) electrons. The van der Waals surface area contributed by atoms with Gasteiger partial charge in [0.1, 0.15) is 5.67 Å². The van der Waals surface area contributed by atoms with Gasteiger partial charge < -0.3 is 10.2 Å². The summed E-state index contributed by atoms with van der Waals surface area (Å²) in [5.41, 5.74) is 2.41. The van der Waals surface area contributed by atoms with E-state index in [1.54, 1.807) is 31.3 Å². The zero-order chi connectivity index (χ0) is 25.8. The highest BCUT2D eigenvalue weighted by atomic mass is 19.4. The van der Waals surface area contributed by atoms with Crippen LogP contribution < -0.4 is 5.32 Å². The van der Waals surface area contributed by atoms with Crippen LogP contribution in [0.25, 0.3) is 0 Å². The van der Waals surface area contributed by atoms with Crippen molar-refractivity contribution in [1.29, 1.82) is 0 Å². The van der Waals surface area contributed by atoms with Gasteiger partial charge in [-0.3, -0.25) is 14.8 Å². The van der Waals surface area contributed by atoms with Crippen LogP contribution in [0.1, 0.15) is 71.5 Å². The predicted octanol–water partition coefficient (Wildman–Crippen LogP) is 5.15. The van der Waals surface area contributed by atoms with Crippen LogP contribution in [0.15, 0.2) is 30.5 Å². The average molecular weight is 507 g/mol. The number of hydrogen-bond donors (Lipinski definition) is 1. The van der Waals surface area contributed by atoms with Crippen molar-refractivity contribution in [2.75, 3.05) is 19.6 Å². The highest BCUT2D eigenvalue weighted by molar-refractivity contribution is 5.95. The number of rotatable bonds is 7. The molecule has 1 N–H and O–H groups in total. The van der Waals surface area contributed by atoms with Gasteiger partial charge in [-0.15, -0.1) is 0 Å². The number of aryl methyl sites for hydroxylation is 2. The third-order valence-corrected chi connectivity index (χ3v) is 7.50. The molecule has 0 spiro atoms. The first-order chi connectivity index (χ1) is 17.1. The Morgan fingerprint density at radius 2 is 1.92 bits per heavy atom. The number of halogens is 4. The van der Waals surface area contributed by atoms with Gasteiger partial charge in [0.25, 0.3) is 5.91 Å². The Kier molecular flexibility index (Phi) is 8.27. The molecule has 2 aliphatic rings. The minimum Gasteiger partial charge on any atom is -0.349 e. The van der Waals surface area contributed by atoms with Gasteiger partial charge in [-0.1, -0.05) is 6.07 Å². The molecular weight excluding hydrogens is 472 g/mol. The van der Waals surface area contributed by atoms with Gasteiger partial charge in [0, 0.05) is 61.8 Å². The Labute approximate surface area is 209 Å². The molecule has 1 saturated carbocycles. The summed E-state index contributed by atoms with van der Waals surface area (Å²) in [5.74, 6) is -0.156. The van der Waals surface area contributed by atoms with Crippen molar-refractivity contribution in [2.24, 2.45) is 0 Å². The first kappa shape index (κ1) is 26.5. The molecule has 196 valence electrons. The molecule has 5 nitrogen and oxygen atoms in total. The Hall–Kier alpha value is -2.55. The van der Waals surface area contributed by atoms with Crippen molar-refractivity contribution in [3.63, 3.8) is 0 Å². The van der Waals surface area contributed by atoms with Crippen molar-refractivity contribution in [1.82, 2.24) is 20.2 Å². The number of pyridine rings is 2. The molecule has 0 bridgehead atoms. The number of carbonyl (C=O) groups excluding carboxylic acids is 1. The molecule has 1 amide bonds. The van der Waals surface area contributed by atoms with Crippen LogP contribution >= 0.6 is 0 Å². The zero-order valence-corrected chi connectivity index (χ0v) is 20.7. The lowest BCUT2D eigenvalue weighted by atomic mass is 9.81. The summed E-state index contributed by atoms with van der Waals surface area (Å²) >= 11 is 0. The van der Waals surface area contributed by atoms with E-state index in [2.05, 4.69) is 20.2 Å². The second kappa shape index (κ2) is 11.2. The second-order valence-electron chi connectivity index (χ2n) is 10.2. The minimum atomic E-state index is -4.18. The second-order valence-corrected chi connectivity index (χ2v) is 10.2. The van der Waals surface area contributed by atoms with Gasteiger partial charge in [0.15, 0.2) is 0 Å². The van der Waals surface area contributed by atoms with Crippen LogP contribution in [0, 0.1) is 6.92 Å². The molecule has 1 aliphatic carbocycles. The fourth-order valence-electron chi connectivity index (χ4n) is 5.18. The smallest absolute Gasteiger partial charge is 0.349 e. The van der Waals surface area contributed by atoms with Crippen molar-refractivity contribution in [2.45, 2.75) is 82.6 Å². The van der Waals surface area contributed by atoms with Crippen LogP contribution in [0.5, 0.6) is 0 Å². The van der Waals surface area contributed by atoms with E-state index in [-0.39, 0.29) is 18.4 Å². The quantitative estimate of drug-likeness (QED) is 0.528. The van der Waals surface area contributed by atoms with E-state index >= 15 is 4.39 Å². The van der Waals surface area contributed by atoms with E-state index in [0.717, 1.165) is 30.8 Å². The Morgan fingerprint density at radius 1 is 1.17 bits per heavy atom. The molecule has 0 unspecified atom stereocenters. The van der Waals surface area contributed by atoms with Gasteiger partial charge in [0.2, 0.25) is 0 Å². The molecule has 0 aromatic carbocycles. The molecule has 1 fully saturated rings. The summed E-state index contributed by atoms with van der Waals surface area (Å²) in [6.07, 6.45) is 0.427. The highest BCUT2D eigenvalue weighted by Crippen LogP contribution is 2.35. The van der Waals surface area contributed by atoms with Crippen LogP contribution in [0.2, 0.25) is 0 Å². The standard InChI is InChI=1S/C27H34F4N4O/c1-19-23(3-2-15-32-19)25(36)34-22-6-11-26(28,12-7-22)14-18-35-16-9-20-4-5-21(8-13-27(29,30)31)33-24(20)10-17-35/h2-5,15,22H,6-14,16-18H2,1H3,(H,34,36). The van der Waals surface area contributed by atoms with Gasteiger partial charge in [0.05, 0.1) is 5.56 Å². The van der Waals surface area contributed by atoms with E-state index in [0.29, 0.717) is 62.0 Å². The number of fused-ring (bicyclic) bond motifs is 1. The molecule has 0 atom stereocenters. The maximum Gasteiger partial charge on any atom is 0.389 e. The molecule has 1 aliphatic heterocycles. The number of hydrogen-bond acceptors (Lipinski definition) is 4. The van der Waals surface area contributed by atoms with E-state index in [1.165, 1.54) is 0 Å². The van der Waals surface area contributed by atoms with Gasteiger partial charge >= 0.3 is 6.18 Å². The number of nitrogens with one attached hydrogen (secondary N) is 1. The fraction of sp³-hybridized carbons (Fsp3) is 0.593. The summed E-state index contributed by atoms with van der Waals surface area (Å²) in [4.78, 5) is 23.4. The van der Waals surface area contributed by atoms with Crippen LogP contribution in [0.4, 0.5) is 17.6 Å². The van der Waals surface area contributed by atoms with Crippen molar-refractivity contribution < 1.29 is 22.4 Å². The number of aromatic nitrogens is 2. The zero-order valence-electron chi connectivity index (χ0n) is 20.7. The molecule has 3 heterocycles. The van der Waals surface area contributed by atoms with Crippen molar-refractivity contribution in [3.8, 4) is 0 Å². The predicted molar refractivity (Wildman–Crippen MR) is 130 cm³/mol. The summed E-state index contributed by atoms with van der Waals surface area (Å²) in [5, 5.41) is 3.03. The first-order valence-corrected chi connectivity index (χ1v) is 12.8. The monoisotopic (exact) mass is 506 g/mol. The highest BCUT2D eigenvalue weighted by Gasteiger charge is 2.36. The number of carbonyl (C=O) groups is 1. The van der Waals surface area contributed by atoms with Gasteiger partial charge in [-0.25, -0.2) is 4.39 Å². The first-order valence-electron chi connectivity index (χ1n) is 12.8. The summed E-state index contributed by atoms with van der Waals surface area (Å²) in [7, 11) is 0. The Balaban J connectivity index is 1.23. The molecule has 9 heteroatoms. The van der Waals surface area contributed by atoms with Crippen LogP contribution in [-0.4, -0.2) is 58.3 Å². The molecule has 2 aromatic heterocycles. The lowest BCUT2D eigenvalue weighted by molar-refractivity contribution is -0.134. The van der Waals surface area contributed by atoms with Gasteiger partial charge in [-0.05, 0) is 75.6 Å². The molecular formula is C27H34F4N4O. The van der Waals surface area contributed by atoms with Crippen LogP contribution in [0.3, 0.4) is 0 Å². The average Bonchev–Trinajstić information content (AvgIpc) is 3.05. The molecule has 36 heavy (non-hydrogen) atoms. The van der Waals surface area contributed by atoms with Crippen molar-refractivity contribution in [3.05, 3.63) is 58.7 Å². The molecule has 4 rings (SSSR count). The summed E-state index contributed by atoms with van der Waals surface area (Å²) < 4.78 is 53.2. The Morgan fingerprint density at radius 3 is 2.64 bits per heavy atom. The Bertz CT molecular complexity index is 1050. The fourth-order valence-corrected chi connectivity index (χ4v) is 5.18. The summed E-state index contributed by atoms with van der Waals surface area (Å²) in [6, 6.07) is 7.05. The van der Waals surface area contributed by atoms with Crippen molar-refractivity contribution >= 4 is 5.91 Å². The lowest BCUT2D eigenvalue weighted by Crippen LogP contribution is -2.43. The maximum absolute atomic E-state index is 15.6. The van der Waals surface area contributed by atoms with E-state index in [1.807, 2.05) is 6.07 Å². The van der Waals surface area contributed by atoms with E-state index in [9.17, 15) is 18.0 Å². The normalized spacial score (nSPS) is 23.1. The SMILES string of the molecule is Cc1ncccc1C(=O)NC1CCC(F)(CCN2CCc3ccc(CCC(F)(F)F)nc3CC2)CC1. The largest absolute Gasteiger partial charge is 0.389 e. The minimum absolute atomic E-state index is 0.0358. The summed E-state index contributed by atoms with van der Waals surface area (Å²) in [6.45, 7) is 3.95. The topological polar surface area (TPSA) is 58.1 Å². The maximum atomic E-state index is 15.6. The number of alkyl halides is 4. The molecule has 0 saturated heterocycles. The van der Waals surface area contributed by atoms with Gasteiger partial charge in [-0.2, -0.15) is 13.2 Å². The third kappa shape index (κ3) is 7.24. The van der Waals surface area contributed by atoms with E-state index < -0.39 is 18.3 Å².